The second-order valence-corrected chi connectivity index (χ2v) is 4.58. The summed E-state index contributed by atoms with van der Waals surface area (Å²) in [7, 11) is 1.59. The van der Waals surface area contributed by atoms with Crippen LogP contribution in [0.25, 0.3) is 0 Å². The average molecular weight is 210 g/mol. The highest BCUT2D eigenvalue weighted by molar-refractivity contribution is 7.99. The Bertz CT molecular complexity index is 324. The Balaban J connectivity index is 2.23. The zero-order valence-corrected chi connectivity index (χ0v) is 9.01. The van der Waals surface area contributed by atoms with Crippen LogP contribution in [0.1, 0.15) is 17.9 Å². The van der Waals surface area contributed by atoms with E-state index in [9.17, 15) is 0 Å². The number of hydrogen-bond acceptors (Lipinski definition) is 4. The van der Waals surface area contributed by atoms with Crippen molar-refractivity contribution in [2.24, 2.45) is 0 Å². The third-order valence-electron chi connectivity index (χ3n) is 2.49. The third-order valence-corrected chi connectivity index (χ3v) is 3.66. The van der Waals surface area contributed by atoms with Gasteiger partial charge in [0.1, 0.15) is 0 Å². The minimum Gasteiger partial charge on any atom is -0.480 e. The van der Waals surface area contributed by atoms with Crippen LogP contribution in [0.3, 0.4) is 0 Å². The number of ether oxygens (including phenoxy) is 1. The van der Waals surface area contributed by atoms with Crippen molar-refractivity contribution >= 4 is 17.4 Å². The van der Waals surface area contributed by atoms with Crippen LogP contribution in [0, 0.1) is 0 Å². The molecule has 0 aliphatic carbocycles. The van der Waals surface area contributed by atoms with E-state index >= 15 is 0 Å². The number of nitrogen functional groups attached to an aromatic ring is 1. The topological polar surface area (TPSA) is 48.1 Å². The Morgan fingerprint density at radius 1 is 1.64 bits per heavy atom. The summed E-state index contributed by atoms with van der Waals surface area (Å²) in [6.45, 7) is 0. The molecule has 2 rings (SSSR count). The normalized spacial score (nSPS) is 21.1. The van der Waals surface area contributed by atoms with Gasteiger partial charge in [-0.1, -0.05) is 0 Å². The predicted octanol–water partition coefficient (Wildman–Crippen LogP) is 1.89. The lowest BCUT2D eigenvalue weighted by Crippen LogP contribution is -2.01. The summed E-state index contributed by atoms with van der Waals surface area (Å²) < 4.78 is 5.02. The van der Waals surface area contributed by atoms with Gasteiger partial charge in [-0.25, -0.2) is 4.98 Å². The van der Waals surface area contributed by atoms with Gasteiger partial charge in [0.15, 0.2) is 0 Å². The van der Waals surface area contributed by atoms with Crippen LogP contribution in [0.4, 0.5) is 5.69 Å². The Kier molecular flexibility index (Phi) is 2.82. The molecule has 2 N–H and O–H groups in total. The van der Waals surface area contributed by atoms with E-state index in [2.05, 4.69) is 4.98 Å². The molecule has 1 atom stereocenters. The van der Waals surface area contributed by atoms with E-state index < -0.39 is 0 Å². The summed E-state index contributed by atoms with van der Waals surface area (Å²) in [6, 6.07) is 1.99. The molecule has 0 saturated carbocycles. The van der Waals surface area contributed by atoms with Crippen LogP contribution in [0.2, 0.25) is 0 Å². The molecule has 0 amide bonds. The van der Waals surface area contributed by atoms with E-state index in [0.29, 0.717) is 17.5 Å². The fourth-order valence-electron chi connectivity index (χ4n) is 1.68. The molecule has 2 heterocycles. The number of rotatable bonds is 2. The van der Waals surface area contributed by atoms with Crippen molar-refractivity contribution in [1.82, 2.24) is 4.98 Å². The van der Waals surface area contributed by atoms with Crippen molar-refractivity contribution in [1.29, 1.82) is 0 Å². The standard InChI is InChI=1S/C10H14N2OS/c1-13-10-9(11)4-8(5-12-10)7-2-3-14-6-7/h4-5,7H,2-3,6,11H2,1H3. The van der Waals surface area contributed by atoms with Crippen molar-refractivity contribution in [3.63, 3.8) is 0 Å². The molecule has 0 bridgehead atoms. The predicted molar refractivity (Wildman–Crippen MR) is 59.9 cm³/mol. The number of nitrogens with zero attached hydrogens (tertiary/aromatic N) is 1. The highest BCUT2D eigenvalue weighted by atomic mass is 32.2. The van der Waals surface area contributed by atoms with E-state index in [1.807, 2.05) is 24.0 Å². The van der Waals surface area contributed by atoms with Gasteiger partial charge in [0.2, 0.25) is 5.88 Å². The molecule has 1 fully saturated rings. The Hall–Kier alpha value is -0.900. The van der Waals surface area contributed by atoms with Crippen LogP contribution < -0.4 is 10.5 Å². The van der Waals surface area contributed by atoms with Crippen molar-refractivity contribution in [2.75, 3.05) is 24.3 Å². The first-order chi connectivity index (χ1) is 6.81. The van der Waals surface area contributed by atoms with E-state index in [1.54, 1.807) is 7.11 Å². The van der Waals surface area contributed by atoms with Crippen molar-refractivity contribution < 1.29 is 4.74 Å². The lowest BCUT2D eigenvalue weighted by molar-refractivity contribution is 0.400. The van der Waals surface area contributed by atoms with Gasteiger partial charge >= 0.3 is 0 Å². The quantitative estimate of drug-likeness (QED) is 0.810. The molecule has 4 heteroatoms. The van der Waals surface area contributed by atoms with Gasteiger partial charge in [0.25, 0.3) is 0 Å². The van der Waals surface area contributed by atoms with Crippen LogP contribution in [-0.4, -0.2) is 23.6 Å². The Labute approximate surface area is 88.0 Å². The van der Waals surface area contributed by atoms with Crippen LogP contribution in [0.15, 0.2) is 12.3 Å². The van der Waals surface area contributed by atoms with Gasteiger partial charge in [-0.15, -0.1) is 0 Å². The van der Waals surface area contributed by atoms with Gasteiger partial charge in [0.05, 0.1) is 12.8 Å². The number of anilines is 1. The fourth-order valence-corrected chi connectivity index (χ4v) is 2.94. The molecule has 0 radical (unpaired) electrons. The SMILES string of the molecule is COc1ncc(C2CCSC2)cc1N. The molecule has 1 saturated heterocycles. The van der Waals surface area contributed by atoms with Crippen molar-refractivity contribution in [3.8, 4) is 5.88 Å². The molecule has 1 aromatic rings. The Morgan fingerprint density at radius 2 is 2.50 bits per heavy atom. The minimum absolute atomic E-state index is 0.527. The van der Waals surface area contributed by atoms with E-state index in [4.69, 9.17) is 10.5 Å². The molecule has 3 nitrogen and oxygen atoms in total. The lowest BCUT2D eigenvalue weighted by Gasteiger charge is -2.10. The molecule has 0 aromatic carbocycles. The van der Waals surface area contributed by atoms with Crippen LogP contribution in [-0.2, 0) is 0 Å². The first kappa shape index (κ1) is 9.65. The van der Waals surface area contributed by atoms with E-state index in [0.717, 1.165) is 0 Å². The van der Waals surface area contributed by atoms with Gasteiger partial charge in [-0.3, -0.25) is 0 Å². The number of nitrogens with two attached hydrogens (primary N) is 1. The van der Waals surface area contributed by atoms with E-state index in [-0.39, 0.29) is 0 Å². The maximum Gasteiger partial charge on any atom is 0.236 e. The summed E-state index contributed by atoms with van der Waals surface area (Å²) >= 11 is 1.99. The number of methoxy groups -OCH3 is 1. The molecule has 1 aliphatic heterocycles. The first-order valence-electron chi connectivity index (χ1n) is 4.68. The zero-order valence-electron chi connectivity index (χ0n) is 8.19. The maximum absolute atomic E-state index is 5.81. The Morgan fingerprint density at radius 3 is 3.07 bits per heavy atom. The number of pyridine rings is 1. The second kappa shape index (κ2) is 4.09. The summed E-state index contributed by atoms with van der Waals surface area (Å²) in [5.41, 5.74) is 7.69. The summed E-state index contributed by atoms with van der Waals surface area (Å²) in [4.78, 5) is 4.18. The molecule has 1 aliphatic rings. The van der Waals surface area contributed by atoms with Gasteiger partial charge in [-0.05, 0) is 29.7 Å². The average Bonchev–Trinajstić information content (AvgIpc) is 2.70. The molecule has 0 spiro atoms. The molecular weight excluding hydrogens is 196 g/mol. The maximum atomic E-state index is 5.81. The fraction of sp³-hybridized carbons (Fsp3) is 0.500. The third kappa shape index (κ3) is 1.80. The summed E-state index contributed by atoms with van der Waals surface area (Å²) in [5, 5.41) is 0. The highest BCUT2D eigenvalue weighted by Crippen LogP contribution is 2.33. The largest absolute Gasteiger partial charge is 0.480 e. The molecule has 14 heavy (non-hydrogen) atoms. The molecular formula is C10H14N2OS. The number of hydrogen-bond donors (Lipinski definition) is 1. The first-order valence-corrected chi connectivity index (χ1v) is 5.84. The number of thioether (sulfide) groups is 1. The van der Waals surface area contributed by atoms with Gasteiger partial charge in [0, 0.05) is 11.9 Å². The van der Waals surface area contributed by atoms with Crippen LogP contribution in [0.5, 0.6) is 5.88 Å². The number of aromatic nitrogens is 1. The monoisotopic (exact) mass is 210 g/mol. The van der Waals surface area contributed by atoms with Gasteiger partial charge in [-0.2, -0.15) is 11.8 Å². The highest BCUT2D eigenvalue weighted by Gasteiger charge is 2.18. The minimum atomic E-state index is 0.527. The molecule has 76 valence electrons. The summed E-state index contributed by atoms with van der Waals surface area (Å²) in [5.74, 6) is 3.59. The van der Waals surface area contributed by atoms with Gasteiger partial charge < -0.3 is 10.5 Å². The smallest absolute Gasteiger partial charge is 0.236 e. The van der Waals surface area contributed by atoms with Crippen molar-refractivity contribution in [3.05, 3.63) is 17.8 Å². The van der Waals surface area contributed by atoms with E-state index in [1.165, 1.54) is 23.5 Å². The summed E-state index contributed by atoms with van der Waals surface area (Å²) in [6.07, 6.45) is 3.11. The lowest BCUT2D eigenvalue weighted by atomic mass is 10.0. The molecule has 1 unspecified atom stereocenters. The van der Waals surface area contributed by atoms with Crippen molar-refractivity contribution in [2.45, 2.75) is 12.3 Å². The molecule has 1 aromatic heterocycles. The second-order valence-electron chi connectivity index (χ2n) is 3.43. The van der Waals surface area contributed by atoms with Crippen LogP contribution >= 0.6 is 11.8 Å². The zero-order chi connectivity index (χ0) is 9.97.